The second-order valence-electron chi connectivity index (χ2n) is 7.07. The Labute approximate surface area is 187 Å². The first kappa shape index (κ1) is 22.4. The van der Waals surface area contributed by atoms with Crippen molar-refractivity contribution in [2.75, 3.05) is 13.2 Å². The fourth-order valence-corrected chi connectivity index (χ4v) is 3.15. The lowest BCUT2D eigenvalue weighted by Gasteiger charge is -2.11. The van der Waals surface area contributed by atoms with Crippen LogP contribution >= 0.6 is 11.6 Å². The normalized spacial score (nSPS) is 10.8. The van der Waals surface area contributed by atoms with E-state index in [1.54, 1.807) is 30.5 Å². The van der Waals surface area contributed by atoms with Crippen molar-refractivity contribution in [3.8, 4) is 11.5 Å². The molecule has 3 aromatic rings. The Morgan fingerprint density at radius 3 is 2.52 bits per heavy atom. The van der Waals surface area contributed by atoms with Crippen molar-refractivity contribution in [1.82, 2.24) is 5.43 Å². The van der Waals surface area contributed by atoms with Crippen LogP contribution in [0.2, 0.25) is 5.02 Å². The Morgan fingerprint density at radius 1 is 0.968 bits per heavy atom. The molecule has 0 spiro atoms. The van der Waals surface area contributed by atoms with Crippen LogP contribution in [-0.2, 0) is 0 Å². The summed E-state index contributed by atoms with van der Waals surface area (Å²) in [5.41, 5.74) is 6.06. The summed E-state index contributed by atoms with van der Waals surface area (Å²) in [4.78, 5) is 12.1. The zero-order chi connectivity index (χ0) is 22.1. The molecule has 0 unspecified atom stereocenters. The first-order valence-corrected chi connectivity index (χ1v) is 10.4. The van der Waals surface area contributed by atoms with E-state index in [1.807, 2.05) is 43.3 Å². The predicted octanol–water partition coefficient (Wildman–Crippen LogP) is 5.57. The van der Waals surface area contributed by atoms with Gasteiger partial charge in [0.25, 0.3) is 5.91 Å². The van der Waals surface area contributed by atoms with E-state index < -0.39 is 0 Å². The maximum Gasteiger partial charge on any atom is 0.271 e. The number of hydrazone groups is 1. The predicted molar refractivity (Wildman–Crippen MR) is 124 cm³/mol. The van der Waals surface area contributed by atoms with Crippen LogP contribution in [0.4, 0.5) is 0 Å². The summed E-state index contributed by atoms with van der Waals surface area (Å²) in [6, 6.07) is 20.3. The maximum atomic E-state index is 12.1. The van der Waals surface area contributed by atoms with Crippen molar-refractivity contribution < 1.29 is 14.3 Å². The highest BCUT2D eigenvalue weighted by atomic mass is 35.5. The van der Waals surface area contributed by atoms with Crippen LogP contribution in [0.5, 0.6) is 11.5 Å². The van der Waals surface area contributed by atoms with Crippen molar-refractivity contribution in [1.29, 1.82) is 0 Å². The number of aryl methyl sites for hydroxylation is 2. The number of benzene rings is 3. The molecule has 0 saturated heterocycles. The fourth-order valence-electron chi connectivity index (χ4n) is 2.96. The highest BCUT2D eigenvalue weighted by molar-refractivity contribution is 6.30. The van der Waals surface area contributed by atoms with Crippen LogP contribution in [-0.4, -0.2) is 25.3 Å². The smallest absolute Gasteiger partial charge is 0.271 e. The lowest BCUT2D eigenvalue weighted by molar-refractivity contribution is 0.0955. The largest absolute Gasteiger partial charge is 0.493 e. The minimum atomic E-state index is -0.333. The van der Waals surface area contributed by atoms with E-state index in [1.165, 1.54) is 5.56 Å². The molecule has 0 radical (unpaired) electrons. The van der Waals surface area contributed by atoms with Crippen molar-refractivity contribution in [2.45, 2.75) is 20.3 Å². The summed E-state index contributed by atoms with van der Waals surface area (Å²) in [6.45, 7) is 5.17. The number of amides is 1. The highest BCUT2D eigenvalue weighted by Gasteiger charge is 2.05. The van der Waals surface area contributed by atoms with Crippen LogP contribution in [0.15, 0.2) is 71.8 Å². The number of nitrogens with one attached hydrogen (secondary N) is 1. The third-order valence-corrected chi connectivity index (χ3v) is 4.74. The SMILES string of the molecule is Cc1ccc(OCCCOc2ccccc2C=NNC(=O)c2cccc(Cl)c2)c(C)c1. The molecule has 3 aromatic carbocycles. The Bertz CT molecular complexity index is 1070. The van der Waals surface area contributed by atoms with Gasteiger partial charge in [0.2, 0.25) is 0 Å². The molecule has 0 aliphatic carbocycles. The van der Waals surface area contributed by atoms with Gasteiger partial charge >= 0.3 is 0 Å². The number of nitrogens with zero attached hydrogens (tertiary/aromatic N) is 1. The third-order valence-electron chi connectivity index (χ3n) is 4.51. The zero-order valence-corrected chi connectivity index (χ0v) is 18.4. The average molecular weight is 437 g/mol. The summed E-state index contributed by atoms with van der Waals surface area (Å²) in [7, 11) is 0. The number of carbonyl (C=O) groups excluding carboxylic acids is 1. The van der Waals surface area contributed by atoms with Crippen LogP contribution in [0.3, 0.4) is 0 Å². The van der Waals surface area contributed by atoms with Gasteiger partial charge in [-0.05, 0) is 55.8 Å². The number of hydrogen-bond donors (Lipinski definition) is 1. The van der Waals surface area contributed by atoms with Gasteiger partial charge in [0.15, 0.2) is 0 Å². The van der Waals surface area contributed by atoms with E-state index in [9.17, 15) is 4.79 Å². The van der Waals surface area contributed by atoms with E-state index in [-0.39, 0.29) is 5.91 Å². The Hall–Kier alpha value is -3.31. The number of rotatable bonds is 9. The summed E-state index contributed by atoms with van der Waals surface area (Å²) >= 11 is 5.92. The molecular weight excluding hydrogens is 412 g/mol. The Kier molecular flexibility index (Phi) is 8.07. The first-order chi connectivity index (χ1) is 15.0. The molecule has 0 aliphatic heterocycles. The number of hydrogen-bond acceptors (Lipinski definition) is 4. The van der Waals surface area contributed by atoms with E-state index in [2.05, 4.69) is 23.5 Å². The third kappa shape index (κ3) is 6.86. The quantitative estimate of drug-likeness (QED) is 0.271. The molecule has 0 atom stereocenters. The molecule has 5 nitrogen and oxygen atoms in total. The molecular formula is C25H25ClN2O3. The molecule has 0 saturated carbocycles. The topological polar surface area (TPSA) is 59.9 Å². The van der Waals surface area contributed by atoms with Gasteiger partial charge in [0.1, 0.15) is 11.5 Å². The van der Waals surface area contributed by atoms with Crippen molar-refractivity contribution in [2.24, 2.45) is 5.10 Å². The molecule has 160 valence electrons. The molecule has 0 heterocycles. The van der Waals surface area contributed by atoms with Crippen molar-refractivity contribution in [3.05, 3.63) is 94.0 Å². The lowest BCUT2D eigenvalue weighted by atomic mass is 10.1. The maximum absolute atomic E-state index is 12.1. The average Bonchev–Trinajstić information content (AvgIpc) is 2.75. The van der Waals surface area contributed by atoms with Gasteiger partial charge in [-0.2, -0.15) is 5.10 Å². The highest BCUT2D eigenvalue weighted by Crippen LogP contribution is 2.19. The van der Waals surface area contributed by atoms with Crippen LogP contribution < -0.4 is 14.9 Å². The summed E-state index contributed by atoms with van der Waals surface area (Å²) in [5.74, 6) is 1.25. The van der Waals surface area contributed by atoms with E-state index in [0.717, 1.165) is 23.3 Å². The molecule has 0 bridgehead atoms. The Balaban J connectivity index is 1.48. The number of ether oxygens (including phenoxy) is 2. The molecule has 3 rings (SSSR count). The Morgan fingerprint density at radius 2 is 1.74 bits per heavy atom. The number of para-hydroxylation sites is 1. The van der Waals surface area contributed by atoms with Gasteiger partial charge in [0.05, 0.1) is 19.4 Å². The second kappa shape index (κ2) is 11.2. The van der Waals surface area contributed by atoms with E-state index in [0.29, 0.717) is 29.5 Å². The van der Waals surface area contributed by atoms with Crippen molar-refractivity contribution in [3.63, 3.8) is 0 Å². The molecule has 0 aromatic heterocycles. The second-order valence-corrected chi connectivity index (χ2v) is 7.50. The molecule has 1 amide bonds. The van der Waals surface area contributed by atoms with E-state index >= 15 is 0 Å². The lowest BCUT2D eigenvalue weighted by Crippen LogP contribution is -2.17. The summed E-state index contributed by atoms with van der Waals surface area (Å²) in [5, 5.41) is 4.53. The minimum absolute atomic E-state index is 0.333. The summed E-state index contributed by atoms with van der Waals surface area (Å²) < 4.78 is 11.7. The van der Waals surface area contributed by atoms with Crippen LogP contribution in [0.1, 0.15) is 33.5 Å². The molecule has 1 N–H and O–H groups in total. The molecule has 31 heavy (non-hydrogen) atoms. The molecule has 6 heteroatoms. The number of carbonyl (C=O) groups is 1. The standard InChI is InChI=1S/C25H25ClN2O3/c1-18-11-12-23(19(2)15-18)30-13-6-14-31-24-10-4-3-7-21(24)17-27-28-25(29)20-8-5-9-22(26)16-20/h3-5,7-12,15-17H,6,13-14H2,1-2H3,(H,28,29). The van der Waals surface area contributed by atoms with Gasteiger partial charge in [-0.1, -0.05) is 47.5 Å². The van der Waals surface area contributed by atoms with Gasteiger partial charge in [-0.15, -0.1) is 0 Å². The zero-order valence-electron chi connectivity index (χ0n) is 17.6. The fraction of sp³-hybridized carbons (Fsp3) is 0.200. The van der Waals surface area contributed by atoms with Gasteiger partial charge in [-0.3, -0.25) is 4.79 Å². The van der Waals surface area contributed by atoms with Gasteiger partial charge in [0, 0.05) is 22.6 Å². The van der Waals surface area contributed by atoms with Crippen LogP contribution in [0.25, 0.3) is 0 Å². The van der Waals surface area contributed by atoms with Crippen LogP contribution in [0, 0.1) is 13.8 Å². The number of halogens is 1. The van der Waals surface area contributed by atoms with Gasteiger partial charge in [-0.25, -0.2) is 5.43 Å². The van der Waals surface area contributed by atoms with Gasteiger partial charge < -0.3 is 9.47 Å². The minimum Gasteiger partial charge on any atom is -0.493 e. The monoisotopic (exact) mass is 436 g/mol. The first-order valence-electron chi connectivity index (χ1n) is 10.0. The van der Waals surface area contributed by atoms with E-state index in [4.69, 9.17) is 21.1 Å². The summed E-state index contributed by atoms with van der Waals surface area (Å²) in [6.07, 6.45) is 2.30. The molecule has 0 aliphatic rings. The molecule has 0 fully saturated rings. The van der Waals surface area contributed by atoms with Crippen molar-refractivity contribution >= 4 is 23.7 Å².